The SMILES string of the molecule is CC(NC(=O)c1cn(Cc2c(F)cccc2F)nn1)c1ccc(F)cc1. The van der Waals surface area contributed by atoms with Crippen LogP contribution in [0.4, 0.5) is 13.2 Å². The quantitative estimate of drug-likeness (QED) is 0.760. The Bertz CT molecular complexity index is 904. The Morgan fingerprint density at radius 1 is 1.12 bits per heavy atom. The fourth-order valence-electron chi connectivity index (χ4n) is 2.43. The van der Waals surface area contributed by atoms with Gasteiger partial charge in [0.15, 0.2) is 5.69 Å². The van der Waals surface area contributed by atoms with Gasteiger partial charge in [-0.05, 0) is 36.8 Å². The van der Waals surface area contributed by atoms with Crippen molar-refractivity contribution in [3.8, 4) is 0 Å². The zero-order valence-electron chi connectivity index (χ0n) is 13.8. The molecule has 1 N–H and O–H groups in total. The largest absolute Gasteiger partial charge is 0.344 e. The lowest BCUT2D eigenvalue weighted by Crippen LogP contribution is -2.27. The molecule has 134 valence electrons. The molecule has 0 saturated carbocycles. The summed E-state index contributed by atoms with van der Waals surface area (Å²) in [4.78, 5) is 12.2. The van der Waals surface area contributed by atoms with Gasteiger partial charge in [-0.25, -0.2) is 17.9 Å². The maximum absolute atomic E-state index is 13.7. The van der Waals surface area contributed by atoms with E-state index in [-0.39, 0.29) is 29.7 Å². The average Bonchev–Trinajstić information content (AvgIpc) is 3.07. The van der Waals surface area contributed by atoms with E-state index in [0.717, 1.165) is 17.7 Å². The topological polar surface area (TPSA) is 59.8 Å². The number of carbonyl (C=O) groups excluding carboxylic acids is 1. The molecule has 1 heterocycles. The molecule has 3 aromatic rings. The molecular formula is C18H15F3N4O. The number of benzene rings is 2. The minimum absolute atomic E-state index is 0.00992. The highest BCUT2D eigenvalue weighted by Gasteiger charge is 2.16. The third kappa shape index (κ3) is 3.90. The molecule has 0 radical (unpaired) electrons. The van der Waals surface area contributed by atoms with Gasteiger partial charge in [-0.1, -0.05) is 23.4 Å². The first-order chi connectivity index (χ1) is 12.4. The van der Waals surface area contributed by atoms with Crippen molar-refractivity contribution in [1.82, 2.24) is 20.3 Å². The van der Waals surface area contributed by atoms with E-state index < -0.39 is 17.5 Å². The van der Waals surface area contributed by atoms with Gasteiger partial charge in [0, 0.05) is 5.56 Å². The summed E-state index contributed by atoms with van der Waals surface area (Å²) in [7, 11) is 0. The van der Waals surface area contributed by atoms with E-state index >= 15 is 0 Å². The van der Waals surface area contributed by atoms with Crippen LogP contribution in [0.5, 0.6) is 0 Å². The second-order valence-corrected chi connectivity index (χ2v) is 5.75. The van der Waals surface area contributed by atoms with Gasteiger partial charge in [-0.15, -0.1) is 5.10 Å². The fraction of sp³-hybridized carbons (Fsp3) is 0.167. The third-order valence-corrected chi connectivity index (χ3v) is 3.87. The van der Waals surface area contributed by atoms with Crippen molar-refractivity contribution in [3.63, 3.8) is 0 Å². The number of hydrogen-bond donors (Lipinski definition) is 1. The molecule has 3 rings (SSSR count). The van der Waals surface area contributed by atoms with Crippen LogP contribution in [-0.4, -0.2) is 20.9 Å². The zero-order valence-corrected chi connectivity index (χ0v) is 13.8. The molecule has 8 heteroatoms. The normalized spacial score (nSPS) is 12.0. The minimum Gasteiger partial charge on any atom is -0.344 e. The molecule has 0 saturated heterocycles. The summed E-state index contributed by atoms with van der Waals surface area (Å²) in [6.07, 6.45) is 1.30. The Balaban J connectivity index is 1.69. The van der Waals surface area contributed by atoms with Crippen LogP contribution in [0, 0.1) is 17.5 Å². The molecule has 0 spiro atoms. The first-order valence-electron chi connectivity index (χ1n) is 7.83. The lowest BCUT2D eigenvalue weighted by Gasteiger charge is -2.13. The zero-order chi connectivity index (χ0) is 18.7. The number of nitrogens with one attached hydrogen (secondary N) is 1. The van der Waals surface area contributed by atoms with E-state index in [4.69, 9.17) is 0 Å². The summed E-state index contributed by atoms with van der Waals surface area (Å²) < 4.78 is 41.5. The third-order valence-electron chi connectivity index (χ3n) is 3.87. The Kier molecular flexibility index (Phi) is 5.01. The minimum atomic E-state index is -0.698. The van der Waals surface area contributed by atoms with E-state index in [2.05, 4.69) is 15.6 Å². The second kappa shape index (κ2) is 7.38. The first kappa shape index (κ1) is 17.7. The van der Waals surface area contributed by atoms with Crippen LogP contribution in [0.3, 0.4) is 0 Å². The van der Waals surface area contributed by atoms with Crippen molar-refractivity contribution in [2.45, 2.75) is 19.5 Å². The summed E-state index contributed by atoms with van der Waals surface area (Å²) in [5, 5.41) is 10.2. The standard InChI is InChI=1S/C18H15F3N4O/c1-11(12-5-7-13(19)8-6-12)22-18(26)17-10-25(24-23-17)9-14-15(20)3-2-4-16(14)21/h2-8,10-11H,9H2,1H3,(H,22,26). The first-order valence-corrected chi connectivity index (χ1v) is 7.83. The van der Waals surface area contributed by atoms with E-state index in [0.29, 0.717) is 0 Å². The molecule has 1 amide bonds. The Labute approximate surface area is 147 Å². The molecule has 0 fully saturated rings. The van der Waals surface area contributed by atoms with Crippen molar-refractivity contribution in [1.29, 1.82) is 0 Å². The summed E-state index contributed by atoms with van der Waals surface area (Å²) in [5.41, 5.74) is 0.570. The van der Waals surface area contributed by atoms with Crippen LogP contribution in [-0.2, 0) is 6.54 Å². The van der Waals surface area contributed by atoms with Gasteiger partial charge in [-0.3, -0.25) is 4.79 Å². The monoisotopic (exact) mass is 360 g/mol. The Hall–Kier alpha value is -3.16. The lowest BCUT2D eigenvalue weighted by molar-refractivity contribution is 0.0934. The molecule has 0 aliphatic carbocycles. The van der Waals surface area contributed by atoms with Crippen molar-refractivity contribution < 1.29 is 18.0 Å². The van der Waals surface area contributed by atoms with Gasteiger partial charge in [0.1, 0.15) is 17.5 Å². The van der Waals surface area contributed by atoms with Gasteiger partial charge in [0.2, 0.25) is 0 Å². The molecular weight excluding hydrogens is 345 g/mol. The number of aromatic nitrogens is 3. The van der Waals surface area contributed by atoms with Crippen LogP contribution >= 0.6 is 0 Å². The molecule has 26 heavy (non-hydrogen) atoms. The number of hydrogen-bond acceptors (Lipinski definition) is 3. The number of rotatable bonds is 5. The van der Waals surface area contributed by atoms with Crippen molar-refractivity contribution >= 4 is 5.91 Å². The van der Waals surface area contributed by atoms with Gasteiger partial charge in [0.05, 0.1) is 18.8 Å². The van der Waals surface area contributed by atoms with Crippen LogP contribution in [0.25, 0.3) is 0 Å². The van der Waals surface area contributed by atoms with Crippen molar-refractivity contribution in [3.05, 3.63) is 82.9 Å². The average molecular weight is 360 g/mol. The van der Waals surface area contributed by atoms with E-state index in [1.165, 1.54) is 29.1 Å². The van der Waals surface area contributed by atoms with Crippen LogP contribution in [0.2, 0.25) is 0 Å². The van der Waals surface area contributed by atoms with Crippen molar-refractivity contribution in [2.75, 3.05) is 0 Å². The Morgan fingerprint density at radius 3 is 2.42 bits per heavy atom. The van der Waals surface area contributed by atoms with Crippen LogP contribution in [0.1, 0.15) is 34.6 Å². The molecule has 0 aliphatic heterocycles. The summed E-state index contributed by atoms with van der Waals surface area (Å²) in [6.45, 7) is 1.55. The van der Waals surface area contributed by atoms with E-state index in [9.17, 15) is 18.0 Å². The molecule has 5 nitrogen and oxygen atoms in total. The number of amides is 1. The maximum Gasteiger partial charge on any atom is 0.273 e. The highest BCUT2D eigenvalue weighted by molar-refractivity contribution is 5.92. The highest BCUT2D eigenvalue weighted by atomic mass is 19.1. The summed E-state index contributed by atoms with van der Waals surface area (Å²) >= 11 is 0. The molecule has 2 aromatic carbocycles. The van der Waals surface area contributed by atoms with Gasteiger partial charge < -0.3 is 5.32 Å². The Morgan fingerprint density at radius 2 is 1.77 bits per heavy atom. The van der Waals surface area contributed by atoms with E-state index in [1.54, 1.807) is 19.1 Å². The summed E-state index contributed by atoms with van der Waals surface area (Å²) in [5.74, 6) is -2.26. The second-order valence-electron chi connectivity index (χ2n) is 5.75. The summed E-state index contributed by atoms with van der Waals surface area (Å²) in [6, 6.07) is 8.92. The lowest BCUT2D eigenvalue weighted by atomic mass is 10.1. The number of carbonyl (C=O) groups is 1. The van der Waals surface area contributed by atoms with Crippen molar-refractivity contribution in [2.24, 2.45) is 0 Å². The fourth-order valence-corrected chi connectivity index (χ4v) is 2.43. The predicted molar refractivity (Wildman–Crippen MR) is 87.8 cm³/mol. The number of nitrogens with zero attached hydrogens (tertiary/aromatic N) is 3. The van der Waals surface area contributed by atoms with Gasteiger partial charge in [-0.2, -0.15) is 0 Å². The smallest absolute Gasteiger partial charge is 0.273 e. The maximum atomic E-state index is 13.7. The van der Waals surface area contributed by atoms with Gasteiger partial charge >= 0.3 is 0 Å². The van der Waals surface area contributed by atoms with Crippen LogP contribution in [0.15, 0.2) is 48.7 Å². The highest BCUT2D eigenvalue weighted by Crippen LogP contribution is 2.15. The molecule has 1 unspecified atom stereocenters. The predicted octanol–water partition coefficient (Wildman–Crippen LogP) is 3.23. The molecule has 1 atom stereocenters. The van der Waals surface area contributed by atoms with E-state index in [1.807, 2.05) is 0 Å². The molecule has 0 aliphatic rings. The molecule has 0 bridgehead atoms. The molecule has 1 aromatic heterocycles. The van der Waals surface area contributed by atoms with Gasteiger partial charge in [0.25, 0.3) is 5.91 Å². The van der Waals surface area contributed by atoms with Crippen LogP contribution < -0.4 is 5.32 Å². The number of halogens is 3.